The first-order valence-corrected chi connectivity index (χ1v) is 9.64. The summed E-state index contributed by atoms with van der Waals surface area (Å²) < 4.78 is 7.81. The molecule has 0 amide bonds. The lowest BCUT2D eigenvalue weighted by Crippen LogP contribution is -2.31. The van der Waals surface area contributed by atoms with Gasteiger partial charge in [0.2, 0.25) is 0 Å². The Morgan fingerprint density at radius 1 is 1.00 bits per heavy atom. The average molecular weight is 362 g/mol. The maximum atomic E-state index is 5.86. The van der Waals surface area contributed by atoms with Gasteiger partial charge >= 0.3 is 0 Å². The second-order valence-electron chi connectivity index (χ2n) is 7.15. The van der Waals surface area contributed by atoms with Crippen molar-refractivity contribution in [1.29, 1.82) is 0 Å². The monoisotopic (exact) mass is 362 g/mol. The van der Waals surface area contributed by atoms with E-state index in [9.17, 15) is 0 Å². The van der Waals surface area contributed by atoms with Gasteiger partial charge in [-0.1, -0.05) is 30.3 Å². The third-order valence-corrected chi connectivity index (χ3v) is 4.93. The van der Waals surface area contributed by atoms with Gasteiger partial charge in [0.25, 0.3) is 0 Å². The van der Waals surface area contributed by atoms with Gasteiger partial charge in [0.1, 0.15) is 0 Å². The van der Waals surface area contributed by atoms with E-state index in [0.717, 1.165) is 44.9 Å². The lowest BCUT2D eigenvalue weighted by Gasteiger charge is -2.25. The molecule has 5 heteroatoms. The smallest absolute Gasteiger partial charge is 0.0703 e. The summed E-state index contributed by atoms with van der Waals surface area (Å²) in [6, 6.07) is 16.9. The van der Waals surface area contributed by atoms with E-state index >= 15 is 0 Å². The van der Waals surface area contributed by atoms with E-state index in [4.69, 9.17) is 4.74 Å². The largest absolute Gasteiger partial charge is 0.377 e. The SMILES string of the molecule is c1ccc(CN(Cc2ccc(Cn3cccn3)cc2)C[C@@H]2CCCO2)nc1. The molecule has 1 saturated heterocycles. The quantitative estimate of drug-likeness (QED) is 0.615. The van der Waals surface area contributed by atoms with E-state index in [1.54, 1.807) is 0 Å². The molecule has 2 aromatic heterocycles. The highest BCUT2D eigenvalue weighted by molar-refractivity contribution is 5.23. The van der Waals surface area contributed by atoms with Gasteiger partial charge in [-0.25, -0.2) is 0 Å². The molecule has 3 heterocycles. The van der Waals surface area contributed by atoms with Crippen LogP contribution in [0.25, 0.3) is 0 Å². The Bertz CT molecular complexity index is 796. The van der Waals surface area contributed by atoms with Crippen molar-refractivity contribution in [1.82, 2.24) is 19.7 Å². The molecule has 0 N–H and O–H groups in total. The molecule has 0 aliphatic carbocycles. The fourth-order valence-electron chi connectivity index (χ4n) is 3.57. The van der Waals surface area contributed by atoms with Crippen molar-refractivity contribution in [3.63, 3.8) is 0 Å². The Labute approximate surface area is 160 Å². The van der Waals surface area contributed by atoms with Crippen LogP contribution in [0.1, 0.15) is 29.7 Å². The Hall–Kier alpha value is -2.50. The topological polar surface area (TPSA) is 43.2 Å². The van der Waals surface area contributed by atoms with E-state index in [1.807, 2.05) is 35.4 Å². The molecule has 0 unspecified atom stereocenters. The molecule has 1 atom stereocenters. The van der Waals surface area contributed by atoms with Gasteiger partial charge in [-0.2, -0.15) is 5.10 Å². The van der Waals surface area contributed by atoms with Crippen LogP contribution in [0, 0.1) is 0 Å². The summed E-state index contributed by atoms with van der Waals surface area (Å²) in [7, 11) is 0. The van der Waals surface area contributed by atoms with Crippen LogP contribution in [0.5, 0.6) is 0 Å². The molecule has 0 saturated carbocycles. The first kappa shape index (κ1) is 17.9. The molecule has 140 valence electrons. The Morgan fingerprint density at radius 3 is 2.59 bits per heavy atom. The van der Waals surface area contributed by atoms with Crippen molar-refractivity contribution in [3.8, 4) is 0 Å². The van der Waals surface area contributed by atoms with Crippen LogP contribution < -0.4 is 0 Å². The highest BCUT2D eigenvalue weighted by atomic mass is 16.5. The zero-order valence-corrected chi connectivity index (χ0v) is 15.6. The van der Waals surface area contributed by atoms with Crippen LogP contribution in [0.3, 0.4) is 0 Å². The van der Waals surface area contributed by atoms with Gasteiger partial charge in [-0.05, 0) is 42.2 Å². The number of ether oxygens (including phenoxy) is 1. The van der Waals surface area contributed by atoms with E-state index < -0.39 is 0 Å². The van der Waals surface area contributed by atoms with Crippen molar-refractivity contribution >= 4 is 0 Å². The standard InChI is InChI=1S/C22H26N4O/c1-2-11-23-21(5-1)17-25(18-22-6-3-14-27-22)15-19-7-9-20(10-8-19)16-26-13-4-12-24-26/h1-2,4-5,7-13,22H,3,6,14-18H2/t22-/m0/s1. The van der Waals surface area contributed by atoms with Gasteiger partial charge < -0.3 is 4.74 Å². The minimum absolute atomic E-state index is 0.341. The Kier molecular flexibility index (Phi) is 5.92. The van der Waals surface area contributed by atoms with E-state index in [-0.39, 0.29) is 0 Å². The summed E-state index contributed by atoms with van der Waals surface area (Å²) in [5.41, 5.74) is 3.68. The first-order valence-electron chi connectivity index (χ1n) is 9.64. The van der Waals surface area contributed by atoms with Gasteiger partial charge in [-0.15, -0.1) is 0 Å². The lowest BCUT2D eigenvalue weighted by atomic mass is 10.1. The number of benzene rings is 1. The van der Waals surface area contributed by atoms with Crippen molar-refractivity contribution in [2.45, 2.75) is 38.6 Å². The molecule has 0 spiro atoms. The van der Waals surface area contributed by atoms with Crippen LogP contribution in [-0.2, 0) is 24.4 Å². The molecular weight excluding hydrogens is 336 g/mol. The summed E-state index contributed by atoms with van der Waals surface area (Å²) in [5, 5.41) is 4.27. The summed E-state index contributed by atoms with van der Waals surface area (Å²) >= 11 is 0. The van der Waals surface area contributed by atoms with Crippen LogP contribution >= 0.6 is 0 Å². The van der Waals surface area contributed by atoms with Crippen molar-refractivity contribution in [2.75, 3.05) is 13.2 Å². The highest BCUT2D eigenvalue weighted by Crippen LogP contribution is 2.17. The summed E-state index contributed by atoms with van der Waals surface area (Å²) in [6.07, 6.45) is 8.34. The summed E-state index contributed by atoms with van der Waals surface area (Å²) in [5.74, 6) is 0. The first-order chi connectivity index (χ1) is 13.3. The molecule has 1 aliphatic rings. The predicted octanol–water partition coefficient (Wildman–Crippen LogP) is 3.51. The number of nitrogens with zero attached hydrogens (tertiary/aromatic N) is 4. The number of aromatic nitrogens is 3. The molecule has 1 aromatic carbocycles. The number of rotatable bonds is 8. The van der Waals surface area contributed by atoms with Gasteiger partial charge in [0, 0.05) is 44.8 Å². The van der Waals surface area contributed by atoms with Gasteiger partial charge in [0.15, 0.2) is 0 Å². The van der Waals surface area contributed by atoms with E-state index in [1.165, 1.54) is 17.5 Å². The molecule has 1 aliphatic heterocycles. The summed E-state index contributed by atoms with van der Waals surface area (Å²) in [4.78, 5) is 6.94. The second kappa shape index (κ2) is 8.93. The van der Waals surface area contributed by atoms with Gasteiger partial charge in [-0.3, -0.25) is 14.6 Å². The molecular formula is C22H26N4O. The molecule has 27 heavy (non-hydrogen) atoms. The Morgan fingerprint density at radius 2 is 1.89 bits per heavy atom. The third kappa shape index (κ3) is 5.25. The maximum Gasteiger partial charge on any atom is 0.0703 e. The lowest BCUT2D eigenvalue weighted by molar-refractivity contribution is 0.0675. The zero-order valence-electron chi connectivity index (χ0n) is 15.6. The molecule has 1 fully saturated rings. The van der Waals surface area contributed by atoms with Crippen LogP contribution in [-0.4, -0.2) is 38.9 Å². The molecule has 0 radical (unpaired) electrons. The molecule has 5 nitrogen and oxygen atoms in total. The maximum absolute atomic E-state index is 5.86. The van der Waals surface area contributed by atoms with Crippen molar-refractivity contribution in [2.24, 2.45) is 0 Å². The zero-order chi connectivity index (χ0) is 18.3. The van der Waals surface area contributed by atoms with Crippen molar-refractivity contribution < 1.29 is 4.74 Å². The highest BCUT2D eigenvalue weighted by Gasteiger charge is 2.20. The molecule has 0 bridgehead atoms. The Balaban J connectivity index is 1.41. The second-order valence-corrected chi connectivity index (χ2v) is 7.15. The number of hydrogen-bond donors (Lipinski definition) is 0. The van der Waals surface area contributed by atoms with E-state index in [0.29, 0.717) is 6.10 Å². The van der Waals surface area contributed by atoms with E-state index in [2.05, 4.69) is 51.4 Å². The molecule has 3 aromatic rings. The molecule has 4 rings (SSSR count). The normalized spacial score (nSPS) is 16.9. The fraction of sp³-hybridized carbons (Fsp3) is 0.364. The van der Waals surface area contributed by atoms with Gasteiger partial charge in [0.05, 0.1) is 18.3 Å². The average Bonchev–Trinajstić information content (AvgIpc) is 3.38. The minimum atomic E-state index is 0.341. The predicted molar refractivity (Wildman–Crippen MR) is 105 cm³/mol. The minimum Gasteiger partial charge on any atom is -0.377 e. The van der Waals surface area contributed by atoms with Crippen LogP contribution in [0.15, 0.2) is 67.1 Å². The summed E-state index contributed by atoms with van der Waals surface area (Å²) in [6.45, 7) is 4.39. The third-order valence-electron chi connectivity index (χ3n) is 4.93. The fourth-order valence-corrected chi connectivity index (χ4v) is 3.57. The van der Waals surface area contributed by atoms with Crippen LogP contribution in [0.4, 0.5) is 0 Å². The number of hydrogen-bond acceptors (Lipinski definition) is 4. The number of pyridine rings is 1. The van der Waals surface area contributed by atoms with Crippen LogP contribution in [0.2, 0.25) is 0 Å². The van der Waals surface area contributed by atoms with Crippen molar-refractivity contribution in [3.05, 3.63) is 83.9 Å².